The highest BCUT2D eigenvalue weighted by atomic mass is 35.5. The first-order valence-corrected chi connectivity index (χ1v) is 3.31. The maximum absolute atomic E-state index is 10.9. The van der Waals surface area contributed by atoms with Gasteiger partial charge in [0.15, 0.2) is 0 Å². The molecule has 0 saturated heterocycles. The predicted molar refractivity (Wildman–Crippen MR) is 45.9 cm³/mol. The summed E-state index contributed by atoms with van der Waals surface area (Å²) in [6, 6.07) is 0. The number of carboxylic acids is 1. The number of aromatic nitrogens is 3. The Balaban J connectivity index is 0.00000144. The van der Waals surface area contributed by atoms with E-state index in [4.69, 9.17) is 5.11 Å². The number of H-pyrrole nitrogens is 1. The van der Waals surface area contributed by atoms with Gasteiger partial charge in [0.1, 0.15) is 12.0 Å². The Hall–Kier alpha value is -1.43. The molecule has 7 heteroatoms. The molecule has 0 aliphatic heterocycles. The average Bonchev–Trinajstić information content (AvgIpc) is 2.03. The van der Waals surface area contributed by atoms with Crippen molar-refractivity contribution in [2.24, 2.45) is 0 Å². The molecule has 2 N–H and O–H groups in total. The van der Waals surface area contributed by atoms with Gasteiger partial charge in [0.2, 0.25) is 0 Å². The van der Waals surface area contributed by atoms with Crippen LogP contribution in [0.5, 0.6) is 0 Å². The van der Waals surface area contributed by atoms with E-state index < -0.39 is 5.97 Å². The number of hydrogen-bond acceptors (Lipinski definition) is 4. The molecule has 0 aromatic carbocycles. The average molecular weight is 206 g/mol. The van der Waals surface area contributed by atoms with Crippen LogP contribution in [0.3, 0.4) is 0 Å². The third kappa shape index (κ3) is 3.66. The smallest absolute Gasteiger partial charge is 0.303 e. The highest BCUT2D eigenvalue weighted by Crippen LogP contribution is 1.89. The molecule has 0 aliphatic carbocycles. The van der Waals surface area contributed by atoms with Crippen molar-refractivity contribution in [2.75, 3.05) is 0 Å². The highest BCUT2D eigenvalue weighted by Gasteiger charge is 2.03. The molecular weight excluding hydrogens is 198 g/mol. The lowest BCUT2D eigenvalue weighted by Crippen LogP contribution is -2.16. The van der Waals surface area contributed by atoms with Gasteiger partial charge in [-0.15, -0.1) is 22.6 Å². The maximum atomic E-state index is 10.9. The van der Waals surface area contributed by atoms with Crippen LogP contribution in [0.25, 0.3) is 0 Å². The summed E-state index contributed by atoms with van der Waals surface area (Å²) < 4.78 is 0. The number of aliphatic carboxylic acids is 1. The minimum absolute atomic E-state index is 0. The zero-order valence-corrected chi connectivity index (χ0v) is 7.37. The Labute approximate surface area is 79.4 Å². The van der Waals surface area contributed by atoms with Crippen molar-refractivity contribution in [3.8, 4) is 0 Å². The maximum Gasteiger partial charge on any atom is 0.303 e. The minimum atomic E-state index is -0.958. The molecule has 1 aromatic heterocycles. The number of nitrogens with zero attached hydrogens (tertiary/aromatic N) is 2. The van der Waals surface area contributed by atoms with Crippen molar-refractivity contribution in [3.05, 3.63) is 22.4 Å². The molecular formula is C6H8ClN3O3. The molecule has 0 fully saturated rings. The topological polar surface area (TPSA) is 95.9 Å². The molecule has 0 saturated carbocycles. The molecule has 0 unspecified atom stereocenters. The van der Waals surface area contributed by atoms with Crippen LogP contribution in [0.4, 0.5) is 0 Å². The van der Waals surface area contributed by atoms with Gasteiger partial charge in [0, 0.05) is 6.42 Å². The first kappa shape index (κ1) is 11.6. The second kappa shape index (κ2) is 5.26. The Morgan fingerprint density at radius 2 is 2.31 bits per heavy atom. The molecule has 1 rings (SSSR count). The van der Waals surface area contributed by atoms with Crippen LogP contribution in [0, 0.1) is 0 Å². The van der Waals surface area contributed by atoms with Gasteiger partial charge in [-0.25, -0.2) is 0 Å². The zero-order valence-electron chi connectivity index (χ0n) is 6.56. The van der Waals surface area contributed by atoms with E-state index in [1.165, 1.54) is 0 Å². The molecule has 13 heavy (non-hydrogen) atoms. The summed E-state index contributed by atoms with van der Waals surface area (Å²) in [5.41, 5.74) is -0.230. The molecule has 0 amide bonds. The molecule has 0 spiro atoms. The largest absolute Gasteiger partial charge is 0.481 e. The van der Waals surface area contributed by atoms with Crippen molar-refractivity contribution in [2.45, 2.75) is 12.8 Å². The van der Waals surface area contributed by atoms with Crippen LogP contribution in [0.15, 0.2) is 11.1 Å². The quantitative estimate of drug-likeness (QED) is 0.700. The second-order valence-corrected chi connectivity index (χ2v) is 2.16. The monoisotopic (exact) mass is 205 g/mol. The molecule has 1 aromatic rings. The summed E-state index contributed by atoms with van der Waals surface area (Å²) in [6.45, 7) is 0. The van der Waals surface area contributed by atoms with E-state index >= 15 is 0 Å². The van der Waals surface area contributed by atoms with Crippen molar-refractivity contribution in [1.29, 1.82) is 0 Å². The molecule has 0 radical (unpaired) electrons. The first-order chi connectivity index (χ1) is 5.70. The van der Waals surface area contributed by atoms with Gasteiger partial charge in [-0.05, 0) is 0 Å². The Morgan fingerprint density at radius 1 is 1.62 bits per heavy atom. The fourth-order valence-corrected chi connectivity index (χ4v) is 0.704. The van der Waals surface area contributed by atoms with E-state index in [-0.39, 0.29) is 36.5 Å². The highest BCUT2D eigenvalue weighted by molar-refractivity contribution is 5.85. The molecule has 0 aliphatic rings. The van der Waals surface area contributed by atoms with E-state index in [1.54, 1.807) is 0 Å². The third-order valence-electron chi connectivity index (χ3n) is 1.27. The standard InChI is InChI=1S/C6H7N3O3.ClH/c10-5(11)2-1-4-6(12)7-3-8-9-4;/h3H,1-2H2,(H,10,11)(H,7,8,12);1H. The first-order valence-electron chi connectivity index (χ1n) is 3.31. The number of halogens is 1. The number of aryl methyl sites for hydroxylation is 1. The van der Waals surface area contributed by atoms with E-state index in [2.05, 4.69) is 15.2 Å². The van der Waals surface area contributed by atoms with E-state index in [1.807, 2.05) is 0 Å². The lowest BCUT2D eigenvalue weighted by atomic mass is 10.2. The van der Waals surface area contributed by atoms with Gasteiger partial charge < -0.3 is 10.1 Å². The summed E-state index contributed by atoms with van der Waals surface area (Å²) in [5, 5.41) is 15.2. The second-order valence-electron chi connectivity index (χ2n) is 2.16. The normalized spacial score (nSPS) is 8.92. The van der Waals surface area contributed by atoms with Gasteiger partial charge in [0.05, 0.1) is 6.42 Å². The van der Waals surface area contributed by atoms with E-state index in [9.17, 15) is 9.59 Å². The van der Waals surface area contributed by atoms with Crippen LogP contribution >= 0.6 is 12.4 Å². The fraction of sp³-hybridized carbons (Fsp3) is 0.333. The van der Waals surface area contributed by atoms with E-state index in [0.29, 0.717) is 0 Å². The van der Waals surface area contributed by atoms with Gasteiger partial charge in [-0.3, -0.25) is 9.59 Å². The van der Waals surface area contributed by atoms with Crippen LogP contribution < -0.4 is 5.56 Å². The zero-order chi connectivity index (χ0) is 8.97. The number of nitrogens with one attached hydrogen (secondary N) is 1. The molecule has 6 nitrogen and oxygen atoms in total. The summed E-state index contributed by atoms with van der Waals surface area (Å²) >= 11 is 0. The Bertz CT molecular complexity index is 338. The summed E-state index contributed by atoms with van der Waals surface area (Å²) in [7, 11) is 0. The number of carbonyl (C=O) groups is 1. The number of aromatic amines is 1. The van der Waals surface area contributed by atoms with Crippen molar-refractivity contribution < 1.29 is 9.90 Å². The molecule has 0 bridgehead atoms. The van der Waals surface area contributed by atoms with Crippen molar-refractivity contribution in [3.63, 3.8) is 0 Å². The third-order valence-corrected chi connectivity index (χ3v) is 1.27. The van der Waals surface area contributed by atoms with Crippen LogP contribution in [0.1, 0.15) is 12.1 Å². The molecule has 0 atom stereocenters. The van der Waals surface area contributed by atoms with E-state index in [0.717, 1.165) is 6.33 Å². The fourth-order valence-electron chi connectivity index (χ4n) is 0.704. The molecule has 1 heterocycles. The lowest BCUT2D eigenvalue weighted by Gasteiger charge is -1.92. The summed E-state index contributed by atoms with van der Waals surface area (Å²) in [5.74, 6) is -0.958. The van der Waals surface area contributed by atoms with Gasteiger partial charge in [-0.2, -0.15) is 0 Å². The van der Waals surface area contributed by atoms with Gasteiger partial charge in [0.25, 0.3) is 5.56 Å². The lowest BCUT2D eigenvalue weighted by molar-refractivity contribution is -0.136. The Kier molecular flexibility index (Phi) is 4.68. The number of carboxylic acid groups (broad SMARTS) is 1. The van der Waals surface area contributed by atoms with Gasteiger partial charge in [-0.1, -0.05) is 0 Å². The summed E-state index contributed by atoms with van der Waals surface area (Å²) in [4.78, 5) is 23.3. The van der Waals surface area contributed by atoms with Crippen LogP contribution in [-0.2, 0) is 11.2 Å². The number of hydrogen-bond donors (Lipinski definition) is 2. The SMILES string of the molecule is Cl.O=C(O)CCc1nnc[nH]c1=O. The van der Waals surface area contributed by atoms with Crippen LogP contribution in [0.2, 0.25) is 0 Å². The minimum Gasteiger partial charge on any atom is -0.481 e. The van der Waals surface area contributed by atoms with Gasteiger partial charge >= 0.3 is 5.97 Å². The van der Waals surface area contributed by atoms with Crippen LogP contribution in [-0.4, -0.2) is 26.3 Å². The summed E-state index contributed by atoms with van der Waals surface area (Å²) in [6.07, 6.45) is 1.16. The Morgan fingerprint density at radius 3 is 2.85 bits per heavy atom. The van der Waals surface area contributed by atoms with Crippen molar-refractivity contribution in [1.82, 2.24) is 15.2 Å². The molecule has 72 valence electrons. The predicted octanol–water partition coefficient (Wildman–Crippen LogP) is -0.396. The van der Waals surface area contributed by atoms with Crippen molar-refractivity contribution >= 4 is 18.4 Å². The number of rotatable bonds is 3.